The topological polar surface area (TPSA) is 86.2 Å². The molecule has 1 heterocycles. The molecule has 0 amide bonds. The number of halogens is 2. The summed E-state index contributed by atoms with van der Waals surface area (Å²) in [5.74, 6) is -0.892. The van der Waals surface area contributed by atoms with Crippen LogP contribution in [-0.2, 0) is 6.54 Å². The molecule has 1 atom stereocenters. The van der Waals surface area contributed by atoms with Crippen molar-refractivity contribution in [2.24, 2.45) is 5.73 Å². The minimum atomic E-state index is -1.13. The van der Waals surface area contributed by atoms with Gasteiger partial charge in [0.1, 0.15) is 6.17 Å². The molecule has 0 saturated carbocycles. The molecule has 1 aromatic heterocycles. The quantitative estimate of drug-likeness (QED) is 0.509. The summed E-state index contributed by atoms with van der Waals surface area (Å²) in [6.07, 6.45) is 4.83. The van der Waals surface area contributed by atoms with Crippen molar-refractivity contribution < 1.29 is 13.9 Å². The smallest absolute Gasteiger partial charge is 0.172 e. The number of nitrogens with one attached hydrogen (secondary N) is 1. The number of rotatable bonds is 9. The molecule has 0 spiro atoms. The monoisotopic (exact) mass is 436 g/mol. The van der Waals surface area contributed by atoms with E-state index >= 15 is 4.39 Å². The van der Waals surface area contributed by atoms with Gasteiger partial charge in [-0.3, -0.25) is 10.4 Å². The predicted octanol–water partition coefficient (Wildman–Crippen LogP) is 4.39. The third kappa shape index (κ3) is 5.36. The van der Waals surface area contributed by atoms with Crippen molar-refractivity contribution >= 4 is 17.1 Å². The number of benzene rings is 1. The SMILES string of the molecule is C=C(c1ccccc1C(N)=C(F)C(=N)C1=CCC(F)C=C1)N(CCO)Cc1ccccn1. The van der Waals surface area contributed by atoms with Gasteiger partial charge < -0.3 is 15.7 Å². The lowest BCUT2D eigenvalue weighted by atomic mass is 9.97. The van der Waals surface area contributed by atoms with Crippen LogP contribution in [0.5, 0.6) is 0 Å². The Morgan fingerprint density at radius 1 is 1.22 bits per heavy atom. The third-order valence-corrected chi connectivity index (χ3v) is 5.15. The van der Waals surface area contributed by atoms with E-state index in [1.54, 1.807) is 30.5 Å². The van der Waals surface area contributed by atoms with E-state index in [2.05, 4.69) is 11.6 Å². The van der Waals surface area contributed by atoms with Gasteiger partial charge in [-0.25, -0.2) is 8.78 Å². The highest BCUT2D eigenvalue weighted by Gasteiger charge is 2.20. The Morgan fingerprint density at radius 2 is 1.94 bits per heavy atom. The highest BCUT2D eigenvalue weighted by atomic mass is 19.1. The minimum absolute atomic E-state index is 0.0957. The molecule has 0 aliphatic heterocycles. The second-order valence-corrected chi connectivity index (χ2v) is 7.33. The minimum Gasteiger partial charge on any atom is -0.396 e. The summed E-state index contributed by atoms with van der Waals surface area (Å²) < 4.78 is 28.5. The average Bonchev–Trinajstić information content (AvgIpc) is 2.83. The highest BCUT2D eigenvalue weighted by molar-refractivity contribution is 6.14. The summed E-state index contributed by atoms with van der Waals surface area (Å²) in [7, 11) is 0. The van der Waals surface area contributed by atoms with Gasteiger partial charge in [-0.2, -0.15) is 0 Å². The van der Waals surface area contributed by atoms with E-state index in [0.29, 0.717) is 29.9 Å². The normalized spacial score (nSPS) is 16.2. The molecule has 3 rings (SSSR count). The number of aliphatic hydroxyl groups is 1. The second-order valence-electron chi connectivity index (χ2n) is 7.33. The van der Waals surface area contributed by atoms with Crippen LogP contribution in [0.15, 0.2) is 84.9 Å². The van der Waals surface area contributed by atoms with Crippen molar-refractivity contribution in [3.05, 3.63) is 102 Å². The fourth-order valence-corrected chi connectivity index (χ4v) is 3.42. The van der Waals surface area contributed by atoms with Gasteiger partial charge in [0.15, 0.2) is 5.83 Å². The Kier molecular flexibility index (Phi) is 7.68. The lowest BCUT2D eigenvalue weighted by Crippen LogP contribution is -2.26. The number of aliphatic hydroxyl groups excluding tert-OH is 1. The van der Waals surface area contributed by atoms with Crippen molar-refractivity contribution in [1.82, 2.24) is 9.88 Å². The van der Waals surface area contributed by atoms with Crippen molar-refractivity contribution in [2.75, 3.05) is 13.2 Å². The molecule has 1 aromatic carbocycles. The number of nitrogens with zero attached hydrogens (tertiary/aromatic N) is 2. The van der Waals surface area contributed by atoms with Crippen LogP contribution in [0.3, 0.4) is 0 Å². The summed E-state index contributed by atoms with van der Waals surface area (Å²) in [6, 6.07) is 12.5. The van der Waals surface area contributed by atoms with Gasteiger partial charge in [-0.15, -0.1) is 0 Å². The Balaban J connectivity index is 1.92. The zero-order valence-electron chi connectivity index (χ0n) is 17.6. The van der Waals surface area contributed by atoms with Crippen LogP contribution in [-0.4, -0.2) is 40.0 Å². The first-order valence-electron chi connectivity index (χ1n) is 10.2. The molecular weight excluding hydrogens is 410 g/mol. The van der Waals surface area contributed by atoms with E-state index in [0.717, 1.165) is 5.69 Å². The van der Waals surface area contributed by atoms with Crippen molar-refractivity contribution in [2.45, 2.75) is 19.1 Å². The molecule has 1 aliphatic carbocycles. The van der Waals surface area contributed by atoms with Gasteiger partial charge in [0, 0.05) is 36.0 Å². The van der Waals surface area contributed by atoms with E-state index in [9.17, 15) is 9.50 Å². The Labute approximate surface area is 186 Å². The van der Waals surface area contributed by atoms with E-state index in [4.69, 9.17) is 11.1 Å². The molecule has 0 fully saturated rings. The van der Waals surface area contributed by atoms with Crippen LogP contribution in [0.25, 0.3) is 11.4 Å². The van der Waals surface area contributed by atoms with E-state index < -0.39 is 17.7 Å². The molecule has 7 heteroatoms. The second kappa shape index (κ2) is 10.6. The van der Waals surface area contributed by atoms with Crippen molar-refractivity contribution in [1.29, 1.82) is 5.41 Å². The molecule has 0 radical (unpaired) electrons. The largest absolute Gasteiger partial charge is 0.396 e. The number of alkyl halides is 1. The summed E-state index contributed by atoms with van der Waals surface area (Å²) in [6.45, 7) is 4.75. The van der Waals surface area contributed by atoms with Crippen LogP contribution >= 0.6 is 0 Å². The van der Waals surface area contributed by atoms with Crippen LogP contribution in [0.2, 0.25) is 0 Å². The molecular formula is C25H26F2N4O. The standard InChI is InChI=1S/C25H26F2N4O/c1-17(31(14-15-32)16-20-6-4-5-13-30-20)21-7-2-3-8-22(21)25(29)23(27)24(28)18-9-11-19(26)12-10-18/h2-11,13,19,28,32H,1,12,14-16,29H2. The average molecular weight is 437 g/mol. The van der Waals surface area contributed by atoms with Gasteiger partial charge in [0.05, 0.1) is 30.3 Å². The number of hydrogen-bond donors (Lipinski definition) is 3. The maximum Gasteiger partial charge on any atom is 0.172 e. The number of allylic oxidation sites excluding steroid dienone is 5. The van der Waals surface area contributed by atoms with Gasteiger partial charge in [0.25, 0.3) is 0 Å². The predicted molar refractivity (Wildman–Crippen MR) is 124 cm³/mol. The lowest BCUT2D eigenvalue weighted by molar-refractivity contribution is 0.239. The first-order valence-corrected chi connectivity index (χ1v) is 10.2. The first kappa shape index (κ1) is 23.1. The van der Waals surface area contributed by atoms with Gasteiger partial charge >= 0.3 is 0 Å². The molecule has 32 heavy (non-hydrogen) atoms. The summed E-state index contributed by atoms with van der Waals surface area (Å²) in [5, 5.41) is 17.7. The third-order valence-electron chi connectivity index (χ3n) is 5.15. The van der Waals surface area contributed by atoms with Gasteiger partial charge in [-0.05, 0) is 23.8 Å². The van der Waals surface area contributed by atoms with Gasteiger partial charge in [0.2, 0.25) is 0 Å². The molecule has 0 saturated heterocycles. The van der Waals surface area contributed by atoms with E-state index in [-0.39, 0.29) is 24.3 Å². The maximum absolute atomic E-state index is 15.2. The number of aromatic nitrogens is 1. The van der Waals surface area contributed by atoms with E-state index in [1.807, 2.05) is 23.1 Å². The van der Waals surface area contributed by atoms with Crippen molar-refractivity contribution in [3.8, 4) is 0 Å². The zero-order chi connectivity index (χ0) is 23.1. The van der Waals surface area contributed by atoms with Gasteiger partial charge in [-0.1, -0.05) is 49.1 Å². The molecule has 166 valence electrons. The molecule has 0 bridgehead atoms. The number of nitrogens with two attached hydrogens (primary N) is 1. The number of pyridine rings is 1. The van der Waals surface area contributed by atoms with Crippen molar-refractivity contribution in [3.63, 3.8) is 0 Å². The highest BCUT2D eigenvalue weighted by Crippen LogP contribution is 2.29. The lowest BCUT2D eigenvalue weighted by Gasteiger charge is -2.27. The summed E-state index contributed by atoms with van der Waals surface area (Å²) >= 11 is 0. The number of hydrogen-bond acceptors (Lipinski definition) is 5. The molecule has 4 N–H and O–H groups in total. The molecule has 5 nitrogen and oxygen atoms in total. The summed E-state index contributed by atoms with van der Waals surface area (Å²) in [4.78, 5) is 6.16. The Morgan fingerprint density at radius 3 is 2.56 bits per heavy atom. The Hall–Kier alpha value is -3.58. The van der Waals surface area contributed by atoms with Crippen LogP contribution < -0.4 is 5.73 Å². The van der Waals surface area contributed by atoms with Crippen LogP contribution in [0.1, 0.15) is 23.2 Å². The van der Waals surface area contributed by atoms with Crippen LogP contribution in [0, 0.1) is 5.41 Å². The summed E-state index contributed by atoms with van der Waals surface area (Å²) in [5.41, 5.74) is 8.13. The molecule has 1 unspecified atom stereocenters. The zero-order valence-corrected chi connectivity index (χ0v) is 17.6. The van der Waals surface area contributed by atoms with E-state index in [1.165, 1.54) is 18.2 Å². The first-order chi connectivity index (χ1) is 15.4. The Bertz CT molecular complexity index is 1080. The fraction of sp³-hybridized carbons (Fsp3) is 0.200. The fourth-order valence-electron chi connectivity index (χ4n) is 3.42. The molecule has 1 aliphatic rings. The maximum atomic E-state index is 15.2. The van der Waals surface area contributed by atoms with Crippen LogP contribution in [0.4, 0.5) is 8.78 Å². The molecule has 2 aromatic rings.